The van der Waals surface area contributed by atoms with Crippen molar-refractivity contribution in [2.45, 2.75) is 12.2 Å². The van der Waals surface area contributed by atoms with Crippen LogP contribution in [0.15, 0.2) is 41.8 Å². The maximum Gasteiger partial charge on any atom is 0.416 e. The van der Waals surface area contributed by atoms with Crippen LogP contribution in [0.1, 0.15) is 22.0 Å². The fraction of sp³-hybridized carbons (Fsp3) is 0.167. The third-order valence-corrected chi connectivity index (χ3v) is 3.48. The largest absolute Gasteiger partial charge is 0.416 e. The summed E-state index contributed by atoms with van der Waals surface area (Å²) in [4.78, 5) is 0.872. The van der Waals surface area contributed by atoms with Crippen molar-refractivity contribution in [1.82, 2.24) is 5.43 Å². The number of halogens is 3. The lowest BCUT2D eigenvalue weighted by molar-refractivity contribution is -0.137. The molecule has 1 aromatic heterocycles. The molecule has 0 spiro atoms. The summed E-state index contributed by atoms with van der Waals surface area (Å²) >= 11 is 1.44. The quantitative estimate of drug-likeness (QED) is 0.664. The smallest absolute Gasteiger partial charge is 0.271 e. The molecule has 0 amide bonds. The molecule has 6 heteroatoms. The monoisotopic (exact) mass is 272 g/mol. The third kappa shape index (κ3) is 2.72. The Morgan fingerprint density at radius 1 is 1.17 bits per heavy atom. The van der Waals surface area contributed by atoms with Gasteiger partial charge < -0.3 is 0 Å². The molecule has 0 aliphatic heterocycles. The van der Waals surface area contributed by atoms with Crippen LogP contribution in [0.3, 0.4) is 0 Å². The van der Waals surface area contributed by atoms with Gasteiger partial charge in [-0.3, -0.25) is 5.84 Å². The molecule has 3 N–H and O–H groups in total. The summed E-state index contributed by atoms with van der Waals surface area (Å²) in [5.74, 6) is 5.43. The molecule has 0 saturated heterocycles. The molecule has 1 atom stereocenters. The summed E-state index contributed by atoms with van der Waals surface area (Å²) in [5, 5.41) is 1.85. The molecule has 1 heterocycles. The SMILES string of the molecule is NNC(c1cccc(C(F)(F)F)c1)c1cccs1. The molecule has 0 fully saturated rings. The number of nitrogens with two attached hydrogens (primary N) is 1. The molecule has 0 radical (unpaired) electrons. The minimum Gasteiger partial charge on any atom is -0.271 e. The van der Waals surface area contributed by atoms with Crippen molar-refractivity contribution < 1.29 is 13.2 Å². The van der Waals surface area contributed by atoms with E-state index in [9.17, 15) is 13.2 Å². The number of alkyl halides is 3. The number of rotatable bonds is 3. The van der Waals surface area contributed by atoms with Crippen molar-refractivity contribution in [1.29, 1.82) is 0 Å². The molecule has 1 aromatic carbocycles. The van der Waals surface area contributed by atoms with Crippen LogP contribution in [0.5, 0.6) is 0 Å². The number of nitrogens with one attached hydrogen (secondary N) is 1. The van der Waals surface area contributed by atoms with E-state index in [-0.39, 0.29) is 0 Å². The zero-order valence-electron chi connectivity index (χ0n) is 9.24. The fourth-order valence-corrected chi connectivity index (χ4v) is 2.50. The number of hydrazine groups is 1. The Hall–Kier alpha value is -1.37. The summed E-state index contributed by atoms with van der Waals surface area (Å²) in [6, 6.07) is 8.41. The van der Waals surface area contributed by atoms with Crippen LogP contribution in [-0.4, -0.2) is 0 Å². The van der Waals surface area contributed by atoms with Gasteiger partial charge in [0, 0.05) is 4.88 Å². The molecule has 0 bridgehead atoms. The lowest BCUT2D eigenvalue weighted by atomic mass is 10.0. The van der Waals surface area contributed by atoms with E-state index in [0.717, 1.165) is 17.0 Å². The van der Waals surface area contributed by atoms with Crippen molar-refractivity contribution in [3.63, 3.8) is 0 Å². The highest BCUT2D eigenvalue weighted by Crippen LogP contribution is 2.32. The number of hydrogen-bond acceptors (Lipinski definition) is 3. The number of benzene rings is 1. The van der Waals surface area contributed by atoms with E-state index >= 15 is 0 Å². The second kappa shape index (κ2) is 5.09. The van der Waals surface area contributed by atoms with Crippen LogP contribution >= 0.6 is 11.3 Å². The van der Waals surface area contributed by atoms with Crippen LogP contribution in [0, 0.1) is 0 Å². The van der Waals surface area contributed by atoms with Gasteiger partial charge >= 0.3 is 6.18 Å². The Bertz CT molecular complexity index is 508. The van der Waals surface area contributed by atoms with Gasteiger partial charge in [0.25, 0.3) is 0 Å². The van der Waals surface area contributed by atoms with Gasteiger partial charge in [0.1, 0.15) is 0 Å². The van der Waals surface area contributed by atoms with Crippen LogP contribution in [0.2, 0.25) is 0 Å². The van der Waals surface area contributed by atoms with Gasteiger partial charge in [0.2, 0.25) is 0 Å². The predicted molar refractivity (Wildman–Crippen MR) is 64.9 cm³/mol. The van der Waals surface area contributed by atoms with Gasteiger partial charge in [-0.1, -0.05) is 18.2 Å². The van der Waals surface area contributed by atoms with Crippen molar-refractivity contribution in [2.75, 3.05) is 0 Å². The van der Waals surface area contributed by atoms with E-state index in [0.29, 0.717) is 5.56 Å². The Labute approximate surface area is 106 Å². The van der Waals surface area contributed by atoms with E-state index in [4.69, 9.17) is 5.84 Å². The second-order valence-corrected chi connectivity index (χ2v) is 4.72. The first-order valence-corrected chi connectivity index (χ1v) is 6.07. The minimum absolute atomic E-state index is 0.424. The predicted octanol–water partition coefficient (Wildman–Crippen LogP) is 3.32. The average molecular weight is 272 g/mol. The Morgan fingerprint density at radius 2 is 1.94 bits per heavy atom. The zero-order chi connectivity index (χ0) is 13.2. The molecule has 0 aliphatic carbocycles. The molecule has 0 aliphatic rings. The Kier molecular flexibility index (Phi) is 3.70. The lowest BCUT2D eigenvalue weighted by Gasteiger charge is -2.16. The average Bonchev–Trinajstić information content (AvgIpc) is 2.83. The van der Waals surface area contributed by atoms with Crippen LogP contribution < -0.4 is 11.3 Å². The highest BCUT2D eigenvalue weighted by Gasteiger charge is 2.31. The van der Waals surface area contributed by atoms with E-state index in [1.54, 1.807) is 6.07 Å². The van der Waals surface area contributed by atoms with Crippen molar-refractivity contribution in [2.24, 2.45) is 5.84 Å². The maximum absolute atomic E-state index is 12.6. The van der Waals surface area contributed by atoms with E-state index in [1.165, 1.54) is 17.4 Å². The molecule has 2 aromatic rings. The van der Waals surface area contributed by atoms with Crippen molar-refractivity contribution in [3.8, 4) is 0 Å². The first kappa shape index (κ1) is 13.1. The first-order chi connectivity index (χ1) is 8.52. The molecule has 2 nitrogen and oxygen atoms in total. The Balaban J connectivity index is 2.38. The van der Waals surface area contributed by atoms with Crippen LogP contribution in [-0.2, 0) is 6.18 Å². The number of thiophene rings is 1. The normalized spacial score (nSPS) is 13.6. The molecule has 18 heavy (non-hydrogen) atoms. The van der Waals surface area contributed by atoms with Gasteiger partial charge in [0.05, 0.1) is 11.6 Å². The zero-order valence-corrected chi connectivity index (χ0v) is 10.1. The van der Waals surface area contributed by atoms with Crippen LogP contribution in [0.4, 0.5) is 13.2 Å². The van der Waals surface area contributed by atoms with E-state index < -0.39 is 17.8 Å². The topological polar surface area (TPSA) is 38.0 Å². The van der Waals surface area contributed by atoms with Crippen molar-refractivity contribution in [3.05, 3.63) is 57.8 Å². The first-order valence-electron chi connectivity index (χ1n) is 5.19. The molecular formula is C12H11F3N2S. The fourth-order valence-electron chi connectivity index (χ4n) is 1.69. The van der Waals surface area contributed by atoms with Gasteiger partial charge in [-0.15, -0.1) is 11.3 Å². The third-order valence-electron chi connectivity index (χ3n) is 2.54. The summed E-state index contributed by atoms with van der Waals surface area (Å²) in [7, 11) is 0. The van der Waals surface area contributed by atoms with Crippen LogP contribution in [0.25, 0.3) is 0 Å². The van der Waals surface area contributed by atoms with Gasteiger partial charge in [-0.05, 0) is 29.1 Å². The summed E-state index contributed by atoms with van der Waals surface area (Å²) in [5.41, 5.74) is 2.37. The number of hydrogen-bond donors (Lipinski definition) is 2. The summed E-state index contributed by atoms with van der Waals surface area (Å²) < 4.78 is 37.9. The van der Waals surface area contributed by atoms with E-state index in [2.05, 4.69) is 5.43 Å². The highest BCUT2D eigenvalue weighted by atomic mass is 32.1. The minimum atomic E-state index is -4.34. The summed E-state index contributed by atoms with van der Waals surface area (Å²) in [6.07, 6.45) is -4.34. The molecule has 2 rings (SSSR count). The molecular weight excluding hydrogens is 261 g/mol. The second-order valence-electron chi connectivity index (χ2n) is 3.74. The van der Waals surface area contributed by atoms with Gasteiger partial charge in [-0.2, -0.15) is 13.2 Å². The molecule has 0 saturated carbocycles. The molecule has 1 unspecified atom stereocenters. The maximum atomic E-state index is 12.6. The standard InChI is InChI=1S/C12H11F3N2S/c13-12(14,15)9-4-1-3-8(7-9)11(17-16)10-5-2-6-18-10/h1-7,11,17H,16H2. The van der Waals surface area contributed by atoms with Gasteiger partial charge in [0.15, 0.2) is 0 Å². The Morgan fingerprint density at radius 3 is 2.50 bits per heavy atom. The molecule has 96 valence electrons. The van der Waals surface area contributed by atoms with Crippen molar-refractivity contribution >= 4 is 11.3 Å². The summed E-state index contributed by atoms with van der Waals surface area (Å²) in [6.45, 7) is 0. The lowest BCUT2D eigenvalue weighted by Crippen LogP contribution is -2.28. The highest BCUT2D eigenvalue weighted by molar-refractivity contribution is 7.10. The van der Waals surface area contributed by atoms with Gasteiger partial charge in [-0.25, -0.2) is 5.43 Å². The van der Waals surface area contributed by atoms with E-state index in [1.807, 2.05) is 17.5 Å².